The van der Waals surface area contributed by atoms with Crippen LogP contribution in [0.25, 0.3) is 0 Å². The fraction of sp³-hybridized carbons (Fsp3) is 0.600. The molecule has 0 spiro atoms. The molecule has 18 heavy (non-hydrogen) atoms. The van der Waals surface area contributed by atoms with E-state index in [-0.39, 0.29) is 29.8 Å². The number of H-pyrrole nitrogens is 1. The monoisotopic (exact) mass is 384 g/mol. The van der Waals surface area contributed by atoms with Crippen molar-refractivity contribution < 1.29 is 10.2 Å². The van der Waals surface area contributed by atoms with Crippen LogP contribution in [0, 0.1) is 9.49 Å². The summed E-state index contributed by atoms with van der Waals surface area (Å²) in [5.74, 6) is -0.0264. The van der Waals surface area contributed by atoms with Gasteiger partial charge in [0, 0.05) is 18.1 Å². The lowest BCUT2D eigenvalue weighted by Gasteiger charge is -2.13. The van der Waals surface area contributed by atoms with Gasteiger partial charge in [-0.15, -0.1) is 11.8 Å². The number of nitrogens with one attached hydrogen (secondary N) is 1. The third kappa shape index (κ3) is 2.65. The minimum Gasteiger partial charge on any atom is -0.396 e. The predicted octanol–water partition coefficient (Wildman–Crippen LogP) is -0.254. The number of halogens is 1. The van der Waals surface area contributed by atoms with Crippen molar-refractivity contribution in [3.63, 3.8) is 0 Å². The van der Waals surface area contributed by atoms with Crippen molar-refractivity contribution in [3.05, 3.63) is 30.6 Å². The van der Waals surface area contributed by atoms with E-state index >= 15 is 0 Å². The van der Waals surface area contributed by atoms with Gasteiger partial charge in [0.2, 0.25) is 0 Å². The van der Waals surface area contributed by atoms with Gasteiger partial charge in [-0.3, -0.25) is 14.3 Å². The first-order chi connectivity index (χ1) is 8.56. The molecule has 0 bridgehead atoms. The van der Waals surface area contributed by atoms with Crippen molar-refractivity contribution in [2.24, 2.45) is 5.92 Å². The summed E-state index contributed by atoms with van der Waals surface area (Å²) in [6.07, 6.45) is 2.13. The number of hydrogen-bond acceptors (Lipinski definition) is 5. The average molecular weight is 384 g/mol. The molecule has 1 aromatic rings. The summed E-state index contributed by atoms with van der Waals surface area (Å²) in [6.45, 7) is -0.0362. The van der Waals surface area contributed by atoms with E-state index in [2.05, 4.69) is 4.98 Å². The Morgan fingerprint density at radius 2 is 2.17 bits per heavy atom. The lowest BCUT2D eigenvalue weighted by atomic mass is 10.0. The molecular formula is C10H13IN2O4S. The molecule has 0 amide bonds. The van der Waals surface area contributed by atoms with Crippen molar-refractivity contribution in [3.8, 4) is 0 Å². The molecule has 1 fully saturated rings. The number of rotatable bonds is 3. The van der Waals surface area contributed by atoms with Crippen molar-refractivity contribution >= 4 is 34.4 Å². The number of aliphatic hydroxyl groups excluding tert-OH is 2. The third-order valence-corrected chi connectivity index (χ3v) is 5.40. The second-order valence-electron chi connectivity index (χ2n) is 4.13. The Kier molecular flexibility index (Phi) is 4.51. The fourth-order valence-corrected chi connectivity index (χ4v) is 4.01. The molecule has 2 rings (SSSR count). The summed E-state index contributed by atoms with van der Waals surface area (Å²) in [4.78, 5) is 25.3. The fourth-order valence-electron chi connectivity index (χ4n) is 2.02. The van der Waals surface area contributed by atoms with Crippen LogP contribution < -0.4 is 11.2 Å². The summed E-state index contributed by atoms with van der Waals surface area (Å²) >= 11 is 3.32. The standard InChI is InChI=1S/C10H13IN2O4S/c11-6-2-13(10(17)12-9(6)16)8-1-5(3-14)7(4-15)18-8/h2,5,7-8,14-15H,1,3-4H2,(H,12,16,17)/t5-,7-,8-/m1/s1. The highest BCUT2D eigenvalue weighted by Gasteiger charge is 2.35. The Labute approximate surface area is 121 Å². The minimum atomic E-state index is -0.451. The van der Waals surface area contributed by atoms with Gasteiger partial charge >= 0.3 is 5.69 Å². The molecule has 0 unspecified atom stereocenters. The summed E-state index contributed by atoms with van der Waals surface area (Å²) in [7, 11) is 0. The van der Waals surface area contributed by atoms with Crippen LogP contribution in [0.15, 0.2) is 15.8 Å². The highest BCUT2D eigenvalue weighted by molar-refractivity contribution is 14.1. The summed E-state index contributed by atoms with van der Waals surface area (Å²) in [5.41, 5.74) is -0.842. The van der Waals surface area contributed by atoms with E-state index in [0.29, 0.717) is 9.99 Å². The van der Waals surface area contributed by atoms with Gasteiger partial charge in [-0.25, -0.2) is 4.79 Å². The van der Waals surface area contributed by atoms with Crippen molar-refractivity contribution in [2.75, 3.05) is 13.2 Å². The maximum Gasteiger partial charge on any atom is 0.329 e. The second kappa shape index (κ2) is 5.76. The molecular weight excluding hydrogens is 371 g/mol. The van der Waals surface area contributed by atoms with Gasteiger partial charge in [-0.1, -0.05) is 0 Å². The number of aromatic amines is 1. The van der Waals surface area contributed by atoms with Gasteiger partial charge in [0.05, 0.1) is 15.6 Å². The summed E-state index contributed by atoms with van der Waals surface area (Å²) in [6, 6.07) is 0. The van der Waals surface area contributed by atoms with E-state index < -0.39 is 11.2 Å². The molecule has 3 atom stereocenters. The highest BCUT2D eigenvalue weighted by Crippen LogP contribution is 2.44. The van der Waals surface area contributed by atoms with Crippen molar-refractivity contribution in [1.82, 2.24) is 9.55 Å². The number of nitrogens with zero attached hydrogens (tertiary/aromatic N) is 1. The van der Waals surface area contributed by atoms with Crippen LogP contribution in [-0.2, 0) is 0 Å². The lowest BCUT2D eigenvalue weighted by molar-refractivity contribution is 0.187. The zero-order valence-corrected chi connectivity index (χ0v) is 12.3. The van der Waals surface area contributed by atoms with Crippen molar-refractivity contribution in [1.29, 1.82) is 0 Å². The molecule has 0 radical (unpaired) electrons. The molecule has 1 aliphatic rings. The molecule has 0 aliphatic carbocycles. The normalized spacial score (nSPS) is 27.6. The zero-order chi connectivity index (χ0) is 13.3. The van der Waals surface area contributed by atoms with E-state index in [1.165, 1.54) is 22.5 Å². The largest absolute Gasteiger partial charge is 0.396 e. The first-order valence-corrected chi connectivity index (χ1v) is 7.47. The quantitative estimate of drug-likeness (QED) is 0.625. The van der Waals surface area contributed by atoms with Gasteiger partial charge in [0.1, 0.15) is 0 Å². The van der Waals surface area contributed by atoms with Crippen LogP contribution in [0.3, 0.4) is 0 Å². The molecule has 0 aromatic carbocycles. The third-order valence-electron chi connectivity index (χ3n) is 3.01. The molecule has 1 aromatic heterocycles. The van der Waals surface area contributed by atoms with Gasteiger partial charge < -0.3 is 10.2 Å². The Balaban J connectivity index is 2.31. The van der Waals surface area contributed by atoms with Gasteiger partial charge in [0.25, 0.3) is 5.56 Å². The van der Waals surface area contributed by atoms with Crippen LogP contribution in [0.1, 0.15) is 11.8 Å². The first kappa shape index (κ1) is 14.1. The van der Waals surface area contributed by atoms with E-state index in [0.717, 1.165) is 0 Å². The van der Waals surface area contributed by atoms with Crippen LogP contribution in [0.5, 0.6) is 0 Å². The topological polar surface area (TPSA) is 95.3 Å². The second-order valence-corrected chi connectivity index (χ2v) is 6.72. The molecule has 3 N–H and O–H groups in total. The molecule has 1 aliphatic heterocycles. The van der Waals surface area contributed by atoms with Crippen LogP contribution in [0.4, 0.5) is 0 Å². The first-order valence-electron chi connectivity index (χ1n) is 5.45. The maximum absolute atomic E-state index is 11.7. The number of hydrogen-bond donors (Lipinski definition) is 3. The van der Waals surface area contributed by atoms with Gasteiger partial charge in [-0.05, 0) is 34.9 Å². The highest BCUT2D eigenvalue weighted by atomic mass is 127. The predicted molar refractivity (Wildman–Crippen MR) is 76.7 cm³/mol. The molecule has 1 saturated heterocycles. The SMILES string of the molecule is O=c1[nH]c(=O)n([C@H]2C[C@H](CO)[C@@H](CO)S2)cc1I. The Hall–Kier alpha value is -0.320. The zero-order valence-electron chi connectivity index (χ0n) is 9.38. The smallest absolute Gasteiger partial charge is 0.329 e. The van der Waals surface area contributed by atoms with Crippen molar-refractivity contribution in [2.45, 2.75) is 17.0 Å². The average Bonchev–Trinajstić information content (AvgIpc) is 2.76. The van der Waals surface area contributed by atoms with E-state index in [1.54, 1.807) is 0 Å². The lowest BCUT2D eigenvalue weighted by Crippen LogP contribution is -2.32. The van der Waals surface area contributed by atoms with E-state index in [1.807, 2.05) is 22.6 Å². The van der Waals surface area contributed by atoms with E-state index in [4.69, 9.17) is 0 Å². The minimum absolute atomic E-state index is 0.01000. The number of thioether (sulfide) groups is 1. The molecule has 2 heterocycles. The Morgan fingerprint density at radius 1 is 1.44 bits per heavy atom. The molecule has 8 heteroatoms. The summed E-state index contributed by atoms with van der Waals surface area (Å²) in [5, 5.41) is 18.2. The molecule has 0 saturated carbocycles. The van der Waals surface area contributed by atoms with Crippen LogP contribution in [0.2, 0.25) is 0 Å². The summed E-state index contributed by atoms with van der Waals surface area (Å²) < 4.78 is 1.91. The Morgan fingerprint density at radius 3 is 2.72 bits per heavy atom. The number of aliphatic hydroxyl groups is 2. The molecule has 100 valence electrons. The van der Waals surface area contributed by atoms with Gasteiger partial charge in [-0.2, -0.15) is 0 Å². The van der Waals surface area contributed by atoms with Crippen LogP contribution >= 0.6 is 34.4 Å². The maximum atomic E-state index is 11.7. The molecule has 6 nitrogen and oxygen atoms in total. The van der Waals surface area contributed by atoms with Gasteiger partial charge in [0.15, 0.2) is 0 Å². The van der Waals surface area contributed by atoms with Crippen LogP contribution in [-0.4, -0.2) is 38.2 Å². The van der Waals surface area contributed by atoms with E-state index in [9.17, 15) is 19.8 Å². The number of aromatic nitrogens is 2. The Bertz CT molecular complexity index is 531.